The second-order valence-corrected chi connectivity index (χ2v) is 7.16. The predicted molar refractivity (Wildman–Crippen MR) is 78.7 cm³/mol. The largest absolute Gasteiger partial charge is 0.399 e. The van der Waals surface area contributed by atoms with Crippen LogP contribution in [0.4, 0.5) is 5.69 Å². The van der Waals surface area contributed by atoms with Gasteiger partial charge in [-0.3, -0.25) is 4.79 Å². The minimum atomic E-state index is -3.89. The molecule has 6 nitrogen and oxygen atoms in total. The van der Waals surface area contributed by atoms with E-state index < -0.39 is 15.9 Å². The van der Waals surface area contributed by atoms with Crippen molar-refractivity contribution in [1.29, 1.82) is 0 Å². The summed E-state index contributed by atoms with van der Waals surface area (Å²) in [6.45, 7) is 3.47. The highest BCUT2D eigenvalue weighted by Crippen LogP contribution is 2.27. The van der Waals surface area contributed by atoms with Crippen LogP contribution >= 0.6 is 11.6 Å². The van der Waals surface area contributed by atoms with Crippen molar-refractivity contribution in [3.63, 3.8) is 0 Å². The molecule has 0 atom stereocenters. The minimum absolute atomic E-state index is 0.0169. The molecule has 0 aliphatic rings. The van der Waals surface area contributed by atoms with Gasteiger partial charge in [-0.2, -0.15) is 4.31 Å². The Morgan fingerprint density at radius 2 is 2.00 bits per heavy atom. The smallest absolute Gasteiger partial charge is 0.245 e. The van der Waals surface area contributed by atoms with Crippen LogP contribution in [0.2, 0.25) is 5.02 Å². The Morgan fingerprint density at radius 1 is 1.40 bits per heavy atom. The Hall–Kier alpha value is -1.31. The summed E-state index contributed by atoms with van der Waals surface area (Å²) >= 11 is 5.93. The number of primary amides is 1. The van der Waals surface area contributed by atoms with Crippen molar-refractivity contribution >= 4 is 33.2 Å². The number of carbonyl (C=O) groups is 1. The van der Waals surface area contributed by atoms with Gasteiger partial charge in [0, 0.05) is 12.2 Å². The summed E-state index contributed by atoms with van der Waals surface area (Å²) in [6.07, 6.45) is 0. The Balaban J connectivity index is 3.24. The summed E-state index contributed by atoms with van der Waals surface area (Å²) in [5, 5.41) is 0.0169. The standard InChI is InChI=1S/C12H18ClN3O3S/c1-8(2)6-16(7-12(15)17)20(18,19)11-4-3-9(14)5-10(11)13/h3-5,8H,6-7,14H2,1-2H3,(H2,15,17). The molecule has 0 aliphatic carbocycles. The summed E-state index contributed by atoms with van der Waals surface area (Å²) in [4.78, 5) is 11.0. The first kappa shape index (κ1) is 16.7. The van der Waals surface area contributed by atoms with Crippen molar-refractivity contribution in [2.24, 2.45) is 11.7 Å². The van der Waals surface area contributed by atoms with E-state index in [2.05, 4.69) is 0 Å². The summed E-state index contributed by atoms with van der Waals surface area (Å²) < 4.78 is 26.1. The van der Waals surface area contributed by atoms with Crippen LogP contribution in [0, 0.1) is 5.92 Å². The van der Waals surface area contributed by atoms with Crippen molar-refractivity contribution < 1.29 is 13.2 Å². The molecule has 0 heterocycles. The van der Waals surface area contributed by atoms with E-state index in [0.717, 1.165) is 4.31 Å². The molecule has 1 aromatic carbocycles. The first-order valence-electron chi connectivity index (χ1n) is 5.98. The first-order chi connectivity index (χ1) is 9.14. The van der Waals surface area contributed by atoms with E-state index in [1.165, 1.54) is 18.2 Å². The van der Waals surface area contributed by atoms with Crippen LogP contribution in [-0.4, -0.2) is 31.7 Å². The molecule has 0 unspecified atom stereocenters. The molecule has 1 rings (SSSR count). The average Bonchev–Trinajstić information content (AvgIpc) is 2.26. The van der Waals surface area contributed by atoms with Gasteiger partial charge in [-0.05, 0) is 24.1 Å². The second-order valence-electron chi connectivity index (χ2n) is 4.85. The fourth-order valence-electron chi connectivity index (χ4n) is 1.69. The highest BCUT2D eigenvalue weighted by atomic mass is 35.5. The number of anilines is 1. The molecule has 0 bridgehead atoms. The maximum atomic E-state index is 12.5. The first-order valence-corrected chi connectivity index (χ1v) is 7.80. The number of rotatable bonds is 6. The van der Waals surface area contributed by atoms with E-state index in [-0.39, 0.29) is 28.9 Å². The molecule has 0 aliphatic heterocycles. The number of nitrogens with two attached hydrogens (primary N) is 2. The van der Waals surface area contributed by atoms with Gasteiger partial charge in [-0.15, -0.1) is 0 Å². The van der Waals surface area contributed by atoms with E-state index in [4.69, 9.17) is 23.1 Å². The lowest BCUT2D eigenvalue weighted by molar-refractivity contribution is -0.118. The zero-order valence-corrected chi connectivity index (χ0v) is 12.9. The molecule has 0 fully saturated rings. The third-order valence-corrected chi connectivity index (χ3v) is 4.77. The second kappa shape index (κ2) is 6.43. The lowest BCUT2D eigenvalue weighted by Crippen LogP contribution is -2.40. The van der Waals surface area contributed by atoms with Crippen LogP contribution in [0.5, 0.6) is 0 Å². The Morgan fingerprint density at radius 3 is 2.45 bits per heavy atom. The fraction of sp³-hybridized carbons (Fsp3) is 0.417. The van der Waals surface area contributed by atoms with Crippen molar-refractivity contribution in [2.45, 2.75) is 18.7 Å². The Labute approximate surface area is 123 Å². The lowest BCUT2D eigenvalue weighted by Gasteiger charge is -2.23. The fourth-order valence-corrected chi connectivity index (χ4v) is 3.79. The number of benzene rings is 1. The SMILES string of the molecule is CC(C)CN(CC(N)=O)S(=O)(=O)c1ccc(N)cc1Cl. The number of halogens is 1. The Kier molecular flexibility index (Phi) is 5.38. The summed E-state index contributed by atoms with van der Waals surface area (Å²) in [6, 6.07) is 4.12. The van der Waals surface area contributed by atoms with E-state index >= 15 is 0 Å². The normalized spacial score (nSPS) is 12.1. The van der Waals surface area contributed by atoms with Gasteiger partial charge in [0.2, 0.25) is 15.9 Å². The van der Waals surface area contributed by atoms with Crippen molar-refractivity contribution in [2.75, 3.05) is 18.8 Å². The Bertz CT molecular complexity index is 602. The third kappa shape index (κ3) is 4.09. The van der Waals surface area contributed by atoms with Gasteiger partial charge >= 0.3 is 0 Å². The maximum Gasteiger partial charge on any atom is 0.245 e. The van der Waals surface area contributed by atoms with Crippen molar-refractivity contribution in [3.05, 3.63) is 23.2 Å². The molecule has 20 heavy (non-hydrogen) atoms. The molecule has 1 amide bonds. The average molecular weight is 320 g/mol. The van der Waals surface area contributed by atoms with Gasteiger partial charge in [0.15, 0.2) is 0 Å². The molecule has 4 N–H and O–H groups in total. The zero-order chi connectivity index (χ0) is 15.5. The highest BCUT2D eigenvalue weighted by molar-refractivity contribution is 7.89. The number of sulfonamides is 1. The van der Waals surface area contributed by atoms with Crippen molar-refractivity contribution in [1.82, 2.24) is 4.31 Å². The molecule has 1 aromatic rings. The topological polar surface area (TPSA) is 106 Å². The van der Waals surface area contributed by atoms with E-state index in [1.54, 1.807) is 0 Å². The van der Waals surface area contributed by atoms with Crippen LogP contribution in [0.3, 0.4) is 0 Å². The number of hydrogen-bond donors (Lipinski definition) is 2. The number of carbonyl (C=O) groups excluding carboxylic acids is 1. The van der Waals surface area contributed by atoms with Crippen LogP contribution in [0.1, 0.15) is 13.8 Å². The zero-order valence-electron chi connectivity index (χ0n) is 11.3. The summed E-state index contributed by atoms with van der Waals surface area (Å²) in [5.74, 6) is -0.683. The van der Waals surface area contributed by atoms with E-state index in [9.17, 15) is 13.2 Å². The molecule has 0 spiro atoms. The molecule has 8 heteroatoms. The lowest BCUT2D eigenvalue weighted by atomic mass is 10.2. The number of amides is 1. The van der Waals surface area contributed by atoms with E-state index in [1.807, 2.05) is 13.8 Å². The summed E-state index contributed by atoms with van der Waals surface area (Å²) in [5.41, 5.74) is 11.0. The quantitative estimate of drug-likeness (QED) is 0.764. The number of nitrogen functional groups attached to an aromatic ring is 1. The molecule has 0 aromatic heterocycles. The molecule has 0 radical (unpaired) electrons. The van der Waals surface area contributed by atoms with E-state index in [0.29, 0.717) is 5.69 Å². The van der Waals surface area contributed by atoms with Crippen LogP contribution in [0.15, 0.2) is 23.1 Å². The third-order valence-electron chi connectivity index (χ3n) is 2.47. The highest BCUT2D eigenvalue weighted by Gasteiger charge is 2.28. The van der Waals surface area contributed by atoms with Crippen molar-refractivity contribution in [3.8, 4) is 0 Å². The molecular weight excluding hydrogens is 302 g/mol. The van der Waals surface area contributed by atoms with Crippen LogP contribution < -0.4 is 11.5 Å². The van der Waals surface area contributed by atoms with Gasteiger partial charge in [0.05, 0.1) is 11.6 Å². The maximum absolute atomic E-state index is 12.5. The molecular formula is C12H18ClN3O3S. The molecule has 0 saturated heterocycles. The number of nitrogens with zero attached hydrogens (tertiary/aromatic N) is 1. The van der Waals surface area contributed by atoms with Gasteiger partial charge in [-0.1, -0.05) is 25.4 Å². The minimum Gasteiger partial charge on any atom is -0.399 e. The monoisotopic (exact) mass is 319 g/mol. The molecule has 112 valence electrons. The summed E-state index contributed by atoms with van der Waals surface area (Å²) in [7, 11) is -3.89. The molecule has 0 saturated carbocycles. The van der Waals surface area contributed by atoms with Gasteiger partial charge in [0.25, 0.3) is 0 Å². The van der Waals surface area contributed by atoms with Crippen LogP contribution in [0.25, 0.3) is 0 Å². The predicted octanol–water partition coefficient (Wildman–Crippen LogP) is 1.05. The van der Waals surface area contributed by atoms with Gasteiger partial charge in [-0.25, -0.2) is 8.42 Å². The number of hydrogen-bond acceptors (Lipinski definition) is 4. The van der Waals surface area contributed by atoms with Gasteiger partial charge in [0.1, 0.15) is 4.90 Å². The van der Waals surface area contributed by atoms with Gasteiger partial charge < -0.3 is 11.5 Å². The van der Waals surface area contributed by atoms with Crippen LogP contribution in [-0.2, 0) is 14.8 Å².